The Balaban J connectivity index is 1.52. The van der Waals surface area contributed by atoms with Gasteiger partial charge in [-0.25, -0.2) is 9.59 Å². The molecule has 3 aromatic rings. The number of thioether (sulfide) groups is 12. The van der Waals surface area contributed by atoms with Crippen molar-refractivity contribution in [3.8, 4) is 0 Å². The van der Waals surface area contributed by atoms with Gasteiger partial charge < -0.3 is 14.6 Å². The molecule has 6 heterocycles. The summed E-state index contributed by atoms with van der Waals surface area (Å²) in [6.45, 7) is 31.1. The monoisotopic (exact) mass is 1030 g/mol. The number of aliphatic hydroxyl groups is 1. The number of benzene rings is 3. The quantitative estimate of drug-likeness (QED) is 0.180. The fourth-order valence-corrected chi connectivity index (χ4v) is 26.1. The highest BCUT2D eigenvalue weighted by molar-refractivity contribution is 8.23. The molecular formula is C43H48O5S12. The number of ether oxygens (including phenoxy) is 2. The van der Waals surface area contributed by atoms with Crippen LogP contribution in [0.15, 0.2) is 64.8 Å². The van der Waals surface area contributed by atoms with E-state index in [0.717, 1.165) is 65.6 Å². The second-order valence-electron chi connectivity index (χ2n) is 17.8. The van der Waals surface area contributed by atoms with Crippen molar-refractivity contribution in [3.63, 3.8) is 0 Å². The van der Waals surface area contributed by atoms with Crippen molar-refractivity contribution in [1.82, 2.24) is 0 Å². The predicted octanol–water partition coefficient (Wildman–Crippen LogP) is 15.9. The Bertz CT molecular complexity index is 2200. The van der Waals surface area contributed by atoms with Gasteiger partial charge in [-0.2, -0.15) is 0 Å². The van der Waals surface area contributed by atoms with Crippen molar-refractivity contribution in [3.05, 3.63) is 33.9 Å². The average molecular weight is 1030 g/mol. The summed E-state index contributed by atoms with van der Waals surface area (Å²) in [6.07, 6.45) is 0. The van der Waals surface area contributed by atoms with Crippen molar-refractivity contribution in [2.75, 3.05) is 13.2 Å². The average Bonchev–Trinajstić information content (AvgIpc) is 3.89. The van der Waals surface area contributed by atoms with E-state index in [1.54, 1.807) is 94.1 Å². The van der Waals surface area contributed by atoms with E-state index >= 15 is 5.11 Å². The zero-order chi connectivity index (χ0) is 43.5. The maximum atomic E-state index is 15.5. The van der Waals surface area contributed by atoms with Gasteiger partial charge in [-0.3, -0.25) is 0 Å². The molecule has 0 bridgehead atoms. The van der Waals surface area contributed by atoms with E-state index in [2.05, 4.69) is 89.2 Å². The number of rotatable bonds is 7. The first-order valence-electron chi connectivity index (χ1n) is 19.8. The topological polar surface area (TPSA) is 72.8 Å². The minimum absolute atomic E-state index is 0.175. The van der Waals surface area contributed by atoms with Crippen molar-refractivity contribution in [2.45, 2.75) is 186 Å². The van der Waals surface area contributed by atoms with Crippen LogP contribution in [0.25, 0.3) is 0 Å². The first kappa shape index (κ1) is 45.9. The molecule has 60 heavy (non-hydrogen) atoms. The summed E-state index contributed by atoms with van der Waals surface area (Å²) in [5.74, 6) is -0.632. The molecule has 0 spiro atoms. The molecule has 0 aliphatic carbocycles. The fraction of sp³-hybridized carbons (Fsp3) is 0.535. The number of carbonyl (C=O) groups is 2. The smallest absolute Gasteiger partial charge is 0.340 e. The lowest BCUT2D eigenvalue weighted by molar-refractivity contribution is 0.0507. The maximum absolute atomic E-state index is 15.5. The molecule has 0 saturated heterocycles. The van der Waals surface area contributed by atoms with Gasteiger partial charge in [0, 0.05) is 75.4 Å². The highest BCUT2D eigenvalue weighted by Crippen LogP contribution is 2.75. The minimum atomic E-state index is -1.73. The third-order valence-electron chi connectivity index (χ3n) is 10.0. The first-order chi connectivity index (χ1) is 27.7. The zero-order valence-corrected chi connectivity index (χ0v) is 45.8. The highest BCUT2D eigenvalue weighted by Gasteiger charge is 2.58. The Morgan fingerprint density at radius 3 is 0.950 bits per heavy atom. The van der Waals surface area contributed by atoms with Gasteiger partial charge in [-0.1, -0.05) is 0 Å². The lowest BCUT2D eigenvalue weighted by atomic mass is 9.79. The van der Waals surface area contributed by atoms with Gasteiger partial charge in [0.1, 0.15) is 5.60 Å². The summed E-state index contributed by atoms with van der Waals surface area (Å²) in [6, 6.07) is 2.37. The summed E-state index contributed by atoms with van der Waals surface area (Å²) in [4.78, 5) is 40.6. The van der Waals surface area contributed by atoms with Crippen LogP contribution in [0.5, 0.6) is 0 Å². The molecule has 0 radical (unpaired) electrons. The van der Waals surface area contributed by atoms with Crippen molar-refractivity contribution < 1.29 is 24.2 Å². The molecule has 6 aliphatic rings. The van der Waals surface area contributed by atoms with Crippen LogP contribution in [0, 0.1) is 0 Å². The molecule has 0 unspecified atom stereocenters. The van der Waals surface area contributed by atoms with Gasteiger partial charge in [0.15, 0.2) is 0 Å². The minimum Gasteiger partial charge on any atom is -0.462 e. The van der Waals surface area contributed by atoms with Gasteiger partial charge in [0.25, 0.3) is 0 Å². The fourth-order valence-electron chi connectivity index (χ4n) is 8.30. The molecule has 17 heteroatoms. The molecular weight excluding hydrogens is 981 g/mol. The van der Waals surface area contributed by atoms with E-state index < -0.39 is 5.60 Å². The highest BCUT2D eigenvalue weighted by atomic mass is 32.2. The number of hydrogen-bond acceptors (Lipinski definition) is 17. The normalized spacial score (nSPS) is 22.5. The van der Waals surface area contributed by atoms with Gasteiger partial charge in [0.2, 0.25) is 0 Å². The molecule has 5 nitrogen and oxygen atoms in total. The third-order valence-corrected chi connectivity index (χ3v) is 27.0. The molecule has 0 atom stereocenters. The van der Waals surface area contributed by atoms with Crippen molar-refractivity contribution in [2.24, 2.45) is 0 Å². The zero-order valence-electron chi connectivity index (χ0n) is 36.0. The van der Waals surface area contributed by atoms with Crippen LogP contribution in [0.3, 0.4) is 0 Å². The van der Waals surface area contributed by atoms with E-state index in [1.165, 1.54) is 9.79 Å². The lowest BCUT2D eigenvalue weighted by Gasteiger charge is -2.38. The van der Waals surface area contributed by atoms with E-state index in [-0.39, 0.29) is 49.6 Å². The third kappa shape index (κ3) is 7.59. The Kier molecular flexibility index (Phi) is 11.6. The summed E-state index contributed by atoms with van der Waals surface area (Å²) < 4.78 is 10.1. The van der Waals surface area contributed by atoms with Crippen molar-refractivity contribution >= 4 is 153 Å². The second kappa shape index (κ2) is 15.1. The summed E-state index contributed by atoms with van der Waals surface area (Å²) >= 11 is 21.3. The summed E-state index contributed by atoms with van der Waals surface area (Å²) in [5, 5.41) is 15.5. The molecule has 322 valence electrons. The molecule has 1 N–H and O–H groups in total. The Labute approximate surface area is 405 Å². The standard InChI is InChI=1S/C43H48O5S12/c1-15-47-35(44)20-27-31(57-39(7,8)53-27)23(32-28(20)54-40(9,10)58-32)43(46,22-25-18(49-37(3,4)51-25)17-19-26(22)52-38(5,6)50-19)24-33-29(55-41(11,12)59-33)21(36(45)48-16-2)30-34(24)60-42(13,14)56-30/h17,46H,15-16H2,1-14H3. The lowest BCUT2D eigenvalue weighted by Crippen LogP contribution is -2.34. The van der Waals surface area contributed by atoms with Crippen LogP contribution in [0.1, 0.15) is 134 Å². The Hall–Kier alpha value is 0.760. The van der Waals surface area contributed by atoms with Crippen LogP contribution in [-0.4, -0.2) is 54.7 Å². The van der Waals surface area contributed by atoms with Crippen LogP contribution < -0.4 is 0 Å². The van der Waals surface area contributed by atoms with E-state index in [1.807, 2.05) is 60.9 Å². The molecule has 9 rings (SSSR count). The molecule has 0 amide bonds. The van der Waals surface area contributed by atoms with Crippen molar-refractivity contribution in [1.29, 1.82) is 0 Å². The Morgan fingerprint density at radius 1 is 0.433 bits per heavy atom. The van der Waals surface area contributed by atoms with Gasteiger partial charge in [0.05, 0.1) is 48.8 Å². The molecule has 0 fully saturated rings. The van der Waals surface area contributed by atoms with Crippen LogP contribution in [0.4, 0.5) is 0 Å². The second-order valence-corrected chi connectivity index (χ2v) is 39.0. The SMILES string of the molecule is CCOC(=O)c1c2c(c(C(O)(c3c4c(cc5c3SC(C)(C)S5)SC(C)(C)S4)c3c4c(c(C(=O)OCC)c5c3SC(C)(C)S5)SC(C)(C)S4)c3c1SC(C)(C)S3)SC(C)(C)S2. The van der Waals surface area contributed by atoms with Gasteiger partial charge in [-0.15, -0.1) is 141 Å². The predicted molar refractivity (Wildman–Crippen MR) is 268 cm³/mol. The first-order valence-corrected chi connectivity index (χ1v) is 29.6. The molecule has 0 aromatic heterocycles. The number of esters is 2. The maximum Gasteiger partial charge on any atom is 0.340 e. The Morgan fingerprint density at radius 2 is 0.667 bits per heavy atom. The van der Waals surface area contributed by atoms with Crippen LogP contribution >= 0.6 is 141 Å². The van der Waals surface area contributed by atoms with Gasteiger partial charge >= 0.3 is 11.9 Å². The largest absolute Gasteiger partial charge is 0.462 e. The molecule has 3 aromatic carbocycles. The van der Waals surface area contributed by atoms with E-state index in [0.29, 0.717) is 11.1 Å². The van der Waals surface area contributed by atoms with Crippen LogP contribution in [-0.2, 0) is 15.1 Å². The molecule has 6 aliphatic heterocycles. The van der Waals surface area contributed by atoms with Gasteiger partial charge in [-0.05, 0) is 103 Å². The van der Waals surface area contributed by atoms with E-state index in [9.17, 15) is 9.59 Å². The number of hydrogen-bond donors (Lipinski definition) is 1. The summed E-state index contributed by atoms with van der Waals surface area (Å²) in [5.41, 5.74) is 2.14. The number of fused-ring (bicyclic) bond motifs is 6. The summed E-state index contributed by atoms with van der Waals surface area (Å²) in [7, 11) is 0. The number of carbonyl (C=O) groups excluding carboxylic acids is 2. The van der Waals surface area contributed by atoms with Crippen LogP contribution in [0.2, 0.25) is 0 Å². The molecule has 0 saturated carbocycles. The van der Waals surface area contributed by atoms with E-state index in [4.69, 9.17) is 9.47 Å².